The molecule has 0 aliphatic heterocycles. The third-order valence-electron chi connectivity index (χ3n) is 6.27. The number of hydrogen-bond donors (Lipinski definition) is 3. The number of aliphatic hydroxyl groups excluding tert-OH is 2. The third kappa shape index (κ3) is 6.75. The summed E-state index contributed by atoms with van der Waals surface area (Å²) in [4.78, 5) is 10.7. The molecule has 0 saturated carbocycles. The number of anilines is 2. The van der Waals surface area contributed by atoms with Gasteiger partial charge in [-0.1, -0.05) is 23.7 Å². The van der Waals surface area contributed by atoms with Crippen molar-refractivity contribution in [3.63, 3.8) is 0 Å². The van der Waals surface area contributed by atoms with E-state index in [-0.39, 0.29) is 25.6 Å². The number of nitrogens with one attached hydrogen (secondary N) is 1. The van der Waals surface area contributed by atoms with Crippen LogP contribution >= 0.6 is 11.6 Å². The van der Waals surface area contributed by atoms with Gasteiger partial charge >= 0.3 is 0 Å². The maximum atomic E-state index is 13.4. The molecule has 206 valence electrons. The molecule has 8 nitrogen and oxygen atoms in total. The molecule has 2 heterocycles. The molecule has 5 aromatic rings. The molecule has 0 bridgehead atoms. The highest BCUT2D eigenvalue weighted by Gasteiger charge is 2.13. The van der Waals surface area contributed by atoms with Gasteiger partial charge in [0.2, 0.25) is 0 Å². The fraction of sp³-hybridized carbons (Fsp3) is 0.200. The van der Waals surface area contributed by atoms with Crippen LogP contribution in [0.25, 0.3) is 22.2 Å². The van der Waals surface area contributed by atoms with E-state index in [1.165, 1.54) is 18.5 Å². The first kappa shape index (κ1) is 27.5. The van der Waals surface area contributed by atoms with E-state index < -0.39 is 0 Å². The van der Waals surface area contributed by atoms with E-state index in [4.69, 9.17) is 20.8 Å². The maximum absolute atomic E-state index is 13.4. The topological polar surface area (TPSA) is 104 Å². The first-order chi connectivity index (χ1) is 19.5. The SMILES string of the molecule is OCCN(CCO)Cc1ccc(-c2ccc3ncnc(Nc4ccc(OCc5cccc(F)c5)c(Cl)c4)c3c2)o1. The summed E-state index contributed by atoms with van der Waals surface area (Å²) in [5.74, 6) is 2.18. The summed E-state index contributed by atoms with van der Waals surface area (Å²) in [5.41, 5.74) is 3.03. The number of fused-ring (bicyclic) bond motifs is 1. The van der Waals surface area contributed by atoms with Crippen molar-refractivity contribution in [2.45, 2.75) is 13.2 Å². The Morgan fingerprint density at radius 2 is 1.80 bits per heavy atom. The highest BCUT2D eigenvalue weighted by Crippen LogP contribution is 2.33. The molecule has 0 atom stereocenters. The van der Waals surface area contributed by atoms with Crippen LogP contribution in [0.3, 0.4) is 0 Å². The van der Waals surface area contributed by atoms with Crippen molar-refractivity contribution < 1.29 is 23.8 Å². The molecule has 0 unspecified atom stereocenters. The molecule has 0 amide bonds. The molecule has 2 aromatic heterocycles. The smallest absolute Gasteiger partial charge is 0.141 e. The van der Waals surface area contributed by atoms with Gasteiger partial charge in [0.25, 0.3) is 0 Å². The van der Waals surface area contributed by atoms with Crippen LogP contribution in [0.2, 0.25) is 5.02 Å². The van der Waals surface area contributed by atoms with Crippen LogP contribution in [-0.2, 0) is 13.2 Å². The summed E-state index contributed by atoms with van der Waals surface area (Å²) in [6.07, 6.45) is 1.49. The molecule has 3 N–H and O–H groups in total. The molecule has 0 spiro atoms. The van der Waals surface area contributed by atoms with Gasteiger partial charge in [-0.3, -0.25) is 4.90 Å². The second-order valence-electron chi connectivity index (χ2n) is 9.13. The number of nitrogens with zero attached hydrogens (tertiary/aromatic N) is 3. The summed E-state index contributed by atoms with van der Waals surface area (Å²) in [7, 11) is 0. The summed E-state index contributed by atoms with van der Waals surface area (Å²) < 4.78 is 25.3. The molecule has 5 rings (SSSR count). The van der Waals surface area contributed by atoms with Gasteiger partial charge in [-0.05, 0) is 66.2 Å². The number of aromatic nitrogens is 2. The zero-order chi connectivity index (χ0) is 27.9. The van der Waals surface area contributed by atoms with Crippen molar-refractivity contribution in [2.75, 3.05) is 31.6 Å². The van der Waals surface area contributed by atoms with Crippen molar-refractivity contribution in [1.29, 1.82) is 0 Å². The van der Waals surface area contributed by atoms with Crippen LogP contribution in [-0.4, -0.2) is 51.4 Å². The van der Waals surface area contributed by atoms with Crippen LogP contribution < -0.4 is 10.1 Å². The average Bonchev–Trinajstić information content (AvgIpc) is 3.41. The third-order valence-corrected chi connectivity index (χ3v) is 6.57. The summed E-state index contributed by atoms with van der Waals surface area (Å²) in [6.45, 7) is 1.58. The van der Waals surface area contributed by atoms with E-state index in [2.05, 4.69) is 15.3 Å². The van der Waals surface area contributed by atoms with Crippen LogP contribution in [0, 0.1) is 5.82 Å². The molecule has 10 heteroatoms. The summed E-state index contributed by atoms with van der Waals surface area (Å²) in [5, 5.41) is 23.0. The number of benzene rings is 3. The van der Waals surface area contributed by atoms with Gasteiger partial charge in [0.15, 0.2) is 0 Å². The van der Waals surface area contributed by atoms with Gasteiger partial charge in [-0.25, -0.2) is 14.4 Å². The largest absolute Gasteiger partial charge is 0.487 e. The molecule has 40 heavy (non-hydrogen) atoms. The molecule has 0 radical (unpaired) electrons. The Balaban J connectivity index is 1.33. The molecule has 0 aliphatic rings. The minimum absolute atomic E-state index is 0.00386. The van der Waals surface area contributed by atoms with E-state index in [1.54, 1.807) is 24.3 Å². The van der Waals surface area contributed by atoms with Gasteiger partial charge in [0.05, 0.1) is 30.3 Å². The molecule has 0 aliphatic carbocycles. The molecule has 3 aromatic carbocycles. The summed E-state index contributed by atoms with van der Waals surface area (Å²) in [6, 6.07) is 21.1. The Bertz CT molecular complexity index is 1590. The Labute approximate surface area is 235 Å². The number of furan rings is 1. The van der Waals surface area contributed by atoms with Crippen molar-refractivity contribution >= 4 is 34.0 Å². The minimum atomic E-state index is -0.317. The van der Waals surface area contributed by atoms with Crippen LogP contribution in [0.4, 0.5) is 15.9 Å². The predicted octanol–water partition coefficient (Wildman–Crippen LogP) is 5.79. The quantitative estimate of drug-likeness (QED) is 0.175. The molecular weight excluding hydrogens is 535 g/mol. The van der Waals surface area contributed by atoms with Crippen molar-refractivity contribution in [3.8, 4) is 17.1 Å². The monoisotopic (exact) mass is 562 g/mol. The summed E-state index contributed by atoms with van der Waals surface area (Å²) >= 11 is 6.48. The lowest BCUT2D eigenvalue weighted by Crippen LogP contribution is -2.29. The Hall–Kier alpha value is -4.02. The Morgan fingerprint density at radius 1 is 0.950 bits per heavy atom. The zero-order valence-electron chi connectivity index (χ0n) is 21.6. The van der Waals surface area contributed by atoms with Gasteiger partial charge in [0.1, 0.15) is 41.8 Å². The second-order valence-corrected chi connectivity index (χ2v) is 9.54. The van der Waals surface area contributed by atoms with Crippen LogP contribution in [0.5, 0.6) is 5.75 Å². The second kappa shape index (κ2) is 12.9. The van der Waals surface area contributed by atoms with Gasteiger partial charge < -0.3 is 24.7 Å². The number of halogens is 2. The Kier molecular flexibility index (Phi) is 8.87. The van der Waals surface area contributed by atoms with E-state index >= 15 is 0 Å². The number of hydrogen-bond acceptors (Lipinski definition) is 8. The van der Waals surface area contributed by atoms with Crippen molar-refractivity contribution in [1.82, 2.24) is 14.9 Å². The lowest BCUT2D eigenvalue weighted by Gasteiger charge is -2.18. The zero-order valence-corrected chi connectivity index (χ0v) is 22.3. The van der Waals surface area contributed by atoms with E-state index in [9.17, 15) is 14.6 Å². The lowest BCUT2D eigenvalue weighted by atomic mass is 10.1. The first-order valence-electron chi connectivity index (χ1n) is 12.7. The lowest BCUT2D eigenvalue weighted by molar-refractivity contribution is 0.149. The number of aliphatic hydroxyl groups is 2. The molecule has 0 fully saturated rings. The highest BCUT2D eigenvalue weighted by atomic mass is 35.5. The normalized spacial score (nSPS) is 11.3. The predicted molar refractivity (Wildman–Crippen MR) is 152 cm³/mol. The van der Waals surface area contributed by atoms with Gasteiger partial charge in [-0.15, -0.1) is 0 Å². The number of rotatable bonds is 12. The fourth-order valence-corrected chi connectivity index (χ4v) is 4.56. The van der Waals surface area contributed by atoms with Gasteiger partial charge in [-0.2, -0.15) is 0 Å². The Morgan fingerprint density at radius 3 is 2.58 bits per heavy atom. The first-order valence-corrected chi connectivity index (χ1v) is 13.1. The fourth-order valence-electron chi connectivity index (χ4n) is 4.32. The van der Waals surface area contributed by atoms with Gasteiger partial charge in [0, 0.05) is 29.7 Å². The molecular formula is C30H28ClFN4O4. The van der Waals surface area contributed by atoms with Crippen LogP contribution in [0.1, 0.15) is 11.3 Å². The van der Waals surface area contributed by atoms with E-state index in [0.717, 1.165) is 22.2 Å². The minimum Gasteiger partial charge on any atom is -0.487 e. The molecule has 0 saturated heterocycles. The van der Waals surface area contributed by atoms with Crippen LogP contribution in [0.15, 0.2) is 83.5 Å². The maximum Gasteiger partial charge on any atom is 0.141 e. The van der Waals surface area contributed by atoms with Crippen molar-refractivity contribution in [2.24, 2.45) is 0 Å². The highest BCUT2D eigenvalue weighted by molar-refractivity contribution is 6.32. The van der Waals surface area contributed by atoms with Crippen molar-refractivity contribution in [3.05, 3.63) is 101 Å². The average molecular weight is 563 g/mol. The van der Waals surface area contributed by atoms with E-state index in [0.29, 0.717) is 53.2 Å². The standard InChI is InChI=1S/C30H28ClFN4O4/c31-26-16-23(5-8-29(26)39-18-20-2-1-3-22(32)14-20)35-30-25-15-21(4-7-27(25)33-19-34-30)28-9-6-24(40-28)17-36(10-12-37)11-13-38/h1-9,14-16,19,37-38H,10-13,17-18H2,(H,33,34,35). The van der Waals surface area contributed by atoms with E-state index in [1.807, 2.05) is 41.3 Å². The number of ether oxygens (including phenoxy) is 1.